The summed E-state index contributed by atoms with van der Waals surface area (Å²) in [5.41, 5.74) is 0. The Morgan fingerprint density at radius 2 is 1.89 bits per heavy atom. The van der Waals surface area contributed by atoms with E-state index in [-0.39, 0.29) is 12.5 Å². The summed E-state index contributed by atoms with van der Waals surface area (Å²) >= 11 is 0. The van der Waals surface area contributed by atoms with Crippen LogP contribution in [0.25, 0.3) is 10.8 Å². The number of rotatable bonds is 5. The molecule has 1 amide bonds. The van der Waals surface area contributed by atoms with Crippen molar-refractivity contribution in [3.63, 3.8) is 0 Å². The largest absolute Gasteiger partial charge is 0.484 e. The van der Waals surface area contributed by atoms with Crippen LogP contribution in [0.15, 0.2) is 42.5 Å². The van der Waals surface area contributed by atoms with Crippen LogP contribution < -0.4 is 4.74 Å². The normalized spacial score (nSPS) is 10.4. The Kier molecular flexibility index (Phi) is 4.39. The Balaban J connectivity index is 2.00. The average molecular weight is 257 g/mol. The van der Waals surface area contributed by atoms with Crippen LogP contribution in [0.5, 0.6) is 5.75 Å². The second-order valence-corrected chi connectivity index (χ2v) is 4.61. The van der Waals surface area contributed by atoms with Crippen molar-refractivity contribution in [2.45, 2.75) is 13.3 Å². The molecule has 0 radical (unpaired) electrons. The van der Waals surface area contributed by atoms with Gasteiger partial charge in [0, 0.05) is 13.6 Å². The minimum atomic E-state index is 0.00927. The zero-order valence-electron chi connectivity index (χ0n) is 11.4. The van der Waals surface area contributed by atoms with Crippen LogP contribution in [0.1, 0.15) is 13.3 Å². The lowest BCUT2D eigenvalue weighted by Gasteiger charge is -2.16. The fourth-order valence-corrected chi connectivity index (χ4v) is 1.97. The van der Waals surface area contributed by atoms with Crippen LogP contribution in [0.2, 0.25) is 0 Å². The van der Waals surface area contributed by atoms with Crippen LogP contribution >= 0.6 is 0 Å². The number of ether oxygens (including phenoxy) is 1. The van der Waals surface area contributed by atoms with Gasteiger partial charge in [-0.3, -0.25) is 4.79 Å². The van der Waals surface area contributed by atoms with Gasteiger partial charge in [-0.05, 0) is 29.3 Å². The molecule has 0 fully saturated rings. The number of hydrogen-bond acceptors (Lipinski definition) is 2. The summed E-state index contributed by atoms with van der Waals surface area (Å²) in [6.45, 7) is 2.91. The molecule has 19 heavy (non-hydrogen) atoms. The number of carbonyl (C=O) groups is 1. The highest BCUT2D eigenvalue weighted by Crippen LogP contribution is 2.20. The summed E-state index contributed by atoms with van der Waals surface area (Å²) < 4.78 is 5.55. The van der Waals surface area contributed by atoms with Crippen LogP contribution in [-0.2, 0) is 4.79 Å². The lowest BCUT2D eigenvalue weighted by molar-refractivity contribution is -0.132. The van der Waals surface area contributed by atoms with Gasteiger partial charge in [0.1, 0.15) is 5.75 Å². The maximum atomic E-state index is 11.8. The SMILES string of the molecule is CCCN(C)C(=O)COc1ccc2ccccc2c1. The monoisotopic (exact) mass is 257 g/mol. The topological polar surface area (TPSA) is 29.5 Å². The molecule has 0 aliphatic rings. The van der Waals surface area contributed by atoms with E-state index in [9.17, 15) is 4.79 Å². The van der Waals surface area contributed by atoms with Gasteiger partial charge in [0.05, 0.1) is 0 Å². The Bertz CT molecular complexity index is 565. The summed E-state index contributed by atoms with van der Waals surface area (Å²) in [7, 11) is 1.80. The van der Waals surface area contributed by atoms with E-state index in [1.165, 1.54) is 5.39 Å². The third-order valence-corrected chi connectivity index (χ3v) is 3.07. The number of nitrogens with zero attached hydrogens (tertiary/aromatic N) is 1. The molecule has 0 saturated heterocycles. The Morgan fingerprint density at radius 1 is 1.16 bits per heavy atom. The van der Waals surface area contributed by atoms with Gasteiger partial charge in [0.2, 0.25) is 0 Å². The summed E-state index contributed by atoms with van der Waals surface area (Å²) in [5, 5.41) is 2.29. The van der Waals surface area contributed by atoms with Crippen molar-refractivity contribution in [3.05, 3.63) is 42.5 Å². The molecule has 0 saturated carbocycles. The van der Waals surface area contributed by atoms with Gasteiger partial charge in [0.15, 0.2) is 6.61 Å². The summed E-state index contributed by atoms with van der Waals surface area (Å²) in [6.07, 6.45) is 0.957. The minimum absolute atomic E-state index is 0.00927. The highest BCUT2D eigenvalue weighted by Gasteiger charge is 2.08. The molecule has 0 aliphatic heterocycles. The molecule has 3 heteroatoms. The second kappa shape index (κ2) is 6.23. The highest BCUT2D eigenvalue weighted by molar-refractivity contribution is 5.84. The first-order valence-electron chi connectivity index (χ1n) is 6.56. The van der Waals surface area contributed by atoms with E-state index >= 15 is 0 Å². The molecule has 0 unspecified atom stereocenters. The molecule has 3 nitrogen and oxygen atoms in total. The van der Waals surface area contributed by atoms with E-state index in [1.807, 2.05) is 43.3 Å². The van der Waals surface area contributed by atoms with Crippen molar-refractivity contribution in [1.82, 2.24) is 4.90 Å². The quantitative estimate of drug-likeness (QED) is 0.823. The molecule has 0 heterocycles. The second-order valence-electron chi connectivity index (χ2n) is 4.61. The molecule has 0 N–H and O–H groups in total. The van der Waals surface area contributed by atoms with E-state index in [0.29, 0.717) is 0 Å². The molecule has 2 rings (SSSR count). The molecule has 0 aromatic heterocycles. The Hall–Kier alpha value is -2.03. The van der Waals surface area contributed by atoms with Gasteiger partial charge in [-0.2, -0.15) is 0 Å². The van der Waals surface area contributed by atoms with Crippen LogP contribution in [0.4, 0.5) is 0 Å². The van der Waals surface area contributed by atoms with Crippen molar-refractivity contribution in [3.8, 4) is 5.75 Å². The summed E-state index contributed by atoms with van der Waals surface area (Å²) in [6, 6.07) is 14.0. The number of carbonyl (C=O) groups excluding carboxylic acids is 1. The van der Waals surface area contributed by atoms with E-state index in [1.54, 1.807) is 11.9 Å². The molecular formula is C16H19NO2. The first-order chi connectivity index (χ1) is 9.20. The Labute approximate surface area is 113 Å². The van der Waals surface area contributed by atoms with Gasteiger partial charge in [-0.15, -0.1) is 0 Å². The van der Waals surface area contributed by atoms with E-state index in [4.69, 9.17) is 4.74 Å². The van der Waals surface area contributed by atoms with Crippen molar-refractivity contribution in [2.75, 3.05) is 20.2 Å². The van der Waals surface area contributed by atoms with Gasteiger partial charge < -0.3 is 9.64 Å². The minimum Gasteiger partial charge on any atom is -0.484 e. The highest BCUT2D eigenvalue weighted by atomic mass is 16.5. The van der Waals surface area contributed by atoms with Gasteiger partial charge in [0.25, 0.3) is 5.91 Å². The number of amides is 1. The fourth-order valence-electron chi connectivity index (χ4n) is 1.97. The van der Waals surface area contributed by atoms with Crippen molar-refractivity contribution < 1.29 is 9.53 Å². The molecule has 2 aromatic rings. The number of benzene rings is 2. The van der Waals surface area contributed by atoms with Gasteiger partial charge in [-0.1, -0.05) is 37.3 Å². The standard InChI is InChI=1S/C16H19NO2/c1-3-10-17(2)16(18)12-19-15-9-8-13-6-4-5-7-14(13)11-15/h4-9,11H,3,10,12H2,1-2H3. The van der Waals surface area contributed by atoms with Crippen LogP contribution in [-0.4, -0.2) is 31.0 Å². The Morgan fingerprint density at radius 3 is 2.63 bits per heavy atom. The summed E-state index contributed by atoms with van der Waals surface area (Å²) in [5.74, 6) is 0.743. The molecule has 0 spiro atoms. The predicted molar refractivity (Wildman–Crippen MR) is 77.4 cm³/mol. The van der Waals surface area contributed by atoms with E-state index in [2.05, 4.69) is 6.07 Å². The molecule has 2 aromatic carbocycles. The molecule has 0 atom stereocenters. The van der Waals surface area contributed by atoms with E-state index in [0.717, 1.165) is 24.1 Å². The third-order valence-electron chi connectivity index (χ3n) is 3.07. The van der Waals surface area contributed by atoms with E-state index < -0.39 is 0 Å². The third kappa shape index (κ3) is 3.47. The zero-order chi connectivity index (χ0) is 13.7. The molecular weight excluding hydrogens is 238 g/mol. The lowest BCUT2D eigenvalue weighted by Crippen LogP contribution is -2.31. The van der Waals surface area contributed by atoms with Gasteiger partial charge >= 0.3 is 0 Å². The number of fused-ring (bicyclic) bond motifs is 1. The lowest BCUT2D eigenvalue weighted by atomic mass is 10.1. The van der Waals surface area contributed by atoms with Crippen molar-refractivity contribution >= 4 is 16.7 Å². The fraction of sp³-hybridized carbons (Fsp3) is 0.312. The van der Waals surface area contributed by atoms with Crippen molar-refractivity contribution in [2.24, 2.45) is 0 Å². The first-order valence-corrected chi connectivity index (χ1v) is 6.56. The van der Waals surface area contributed by atoms with Gasteiger partial charge in [-0.25, -0.2) is 0 Å². The van der Waals surface area contributed by atoms with Crippen molar-refractivity contribution in [1.29, 1.82) is 0 Å². The zero-order valence-corrected chi connectivity index (χ0v) is 11.4. The maximum absolute atomic E-state index is 11.8. The summed E-state index contributed by atoms with van der Waals surface area (Å²) in [4.78, 5) is 13.5. The molecule has 0 bridgehead atoms. The average Bonchev–Trinajstić information content (AvgIpc) is 2.44. The maximum Gasteiger partial charge on any atom is 0.260 e. The van der Waals surface area contributed by atoms with Crippen LogP contribution in [0.3, 0.4) is 0 Å². The number of hydrogen-bond donors (Lipinski definition) is 0. The molecule has 0 aliphatic carbocycles. The number of likely N-dealkylation sites (N-methyl/N-ethyl adjacent to an activating group) is 1. The van der Waals surface area contributed by atoms with Crippen LogP contribution in [0, 0.1) is 0 Å². The first kappa shape index (κ1) is 13.4. The molecule has 100 valence electrons. The smallest absolute Gasteiger partial charge is 0.260 e. The predicted octanol–water partition coefficient (Wildman–Crippen LogP) is 3.09.